The molecule has 1 aliphatic carbocycles. The van der Waals surface area contributed by atoms with Crippen molar-refractivity contribution in [2.75, 3.05) is 6.54 Å². The Morgan fingerprint density at radius 3 is 2.65 bits per heavy atom. The van der Waals surface area contributed by atoms with Gasteiger partial charge in [0.1, 0.15) is 0 Å². The van der Waals surface area contributed by atoms with Crippen molar-refractivity contribution >= 4 is 0 Å². The molecule has 2 nitrogen and oxygen atoms in total. The van der Waals surface area contributed by atoms with E-state index >= 15 is 0 Å². The Balaban J connectivity index is 1.59. The predicted octanol–water partition coefficient (Wildman–Crippen LogP) is 2.85. The van der Waals surface area contributed by atoms with E-state index in [9.17, 15) is 0 Å². The first-order valence-corrected chi connectivity index (χ1v) is 6.79. The number of nitrogens with one attached hydrogen (secondary N) is 1. The smallest absolute Gasteiger partial charge is 0.0295 e. The summed E-state index contributed by atoms with van der Waals surface area (Å²) < 4.78 is 0. The van der Waals surface area contributed by atoms with E-state index in [0.717, 1.165) is 24.9 Å². The van der Waals surface area contributed by atoms with Gasteiger partial charge in [-0.1, -0.05) is 37.3 Å². The monoisotopic (exact) mass is 232 g/mol. The largest absolute Gasteiger partial charge is 0.324 e. The maximum absolute atomic E-state index is 6.15. The van der Waals surface area contributed by atoms with Crippen molar-refractivity contribution in [1.29, 1.82) is 0 Å². The molecular formula is C15H24N2. The summed E-state index contributed by atoms with van der Waals surface area (Å²) in [6.45, 7) is 3.43. The SMILES string of the molecule is CC1CC(NCCCC(N)c2ccccc2)C1. The van der Waals surface area contributed by atoms with E-state index < -0.39 is 0 Å². The summed E-state index contributed by atoms with van der Waals surface area (Å²) >= 11 is 0. The van der Waals surface area contributed by atoms with Crippen LogP contribution in [0.5, 0.6) is 0 Å². The summed E-state index contributed by atoms with van der Waals surface area (Å²) in [5.41, 5.74) is 7.41. The first-order valence-electron chi connectivity index (χ1n) is 6.79. The summed E-state index contributed by atoms with van der Waals surface area (Å²) in [6.07, 6.45) is 4.94. The number of rotatable bonds is 6. The lowest BCUT2D eigenvalue weighted by atomic mass is 9.82. The van der Waals surface area contributed by atoms with Crippen LogP contribution in [0.2, 0.25) is 0 Å². The van der Waals surface area contributed by atoms with Gasteiger partial charge in [-0.25, -0.2) is 0 Å². The molecule has 0 saturated heterocycles. The van der Waals surface area contributed by atoms with Crippen LogP contribution in [0.4, 0.5) is 0 Å². The second-order valence-corrected chi connectivity index (χ2v) is 5.39. The highest BCUT2D eigenvalue weighted by Gasteiger charge is 2.24. The van der Waals surface area contributed by atoms with E-state index in [0.29, 0.717) is 0 Å². The van der Waals surface area contributed by atoms with Crippen LogP contribution >= 0.6 is 0 Å². The maximum Gasteiger partial charge on any atom is 0.0295 e. The lowest BCUT2D eigenvalue weighted by Crippen LogP contribution is -2.40. The second-order valence-electron chi connectivity index (χ2n) is 5.39. The molecule has 0 spiro atoms. The maximum atomic E-state index is 6.15. The lowest BCUT2D eigenvalue weighted by Gasteiger charge is -2.33. The molecule has 0 amide bonds. The second kappa shape index (κ2) is 6.18. The molecule has 2 rings (SSSR count). The molecule has 2 heteroatoms. The van der Waals surface area contributed by atoms with Crippen molar-refractivity contribution in [2.24, 2.45) is 11.7 Å². The molecule has 1 fully saturated rings. The Kier molecular flexibility index (Phi) is 4.57. The Labute approximate surface area is 105 Å². The van der Waals surface area contributed by atoms with Crippen LogP contribution in [-0.2, 0) is 0 Å². The molecule has 0 radical (unpaired) electrons. The topological polar surface area (TPSA) is 38.0 Å². The van der Waals surface area contributed by atoms with Gasteiger partial charge in [0.2, 0.25) is 0 Å². The van der Waals surface area contributed by atoms with E-state index in [2.05, 4.69) is 36.5 Å². The Morgan fingerprint density at radius 2 is 2.00 bits per heavy atom. The van der Waals surface area contributed by atoms with Crippen LogP contribution in [-0.4, -0.2) is 12.6 Å². The molecular weight excluding hydrogens is 208 g/mol. The van der Waals surface area contributed by atoms with Crippen molar-refractivity contribution in [1.82, 2.24) is 5.32 Å². The quantitative estimate of drug-likeness (QED) is 0.740. The van der Waals surface area contributed by atoms with Crippen LogP contribution in [0.15, 0.2) is 30.3 Å². The van der Waals surface area contributed by atoms with E-state index in [1.54, 1.807) is 0 Å². The fourth-order valence-electron chi connectivity index (χ4n) is 2.56. The Morgan fingerprint density at radius 1 is 1.29 bits per heavy atom. The van der Waals surface area contributed by atoms with Crippen molar-refractivity contribution < 1.29 is 0 Å². The van der Waals surface area contributed by atoms with Crippen LogP contribution in [0, 0.1) is 5.92 Å². The molecule has 0 aliphatic heterocycles. The minimum Gasteiger partial charge on any atom is -0.324 e. The average molecular weight is 232 g/mol. The molecule has 0 aromatic heterocycles. The number of benzene rings is 1. The summed E-state index contributed by atoms with van der Waals surface area (Å²) in [7, 11) is 0. The zero-order chi connectivity index (χ0) is 12.1. The summed E-state index contributed by atoms with van der Waals surface area (Å²) in [5.74, 6) is 0.930. The standard InChI is InChI=1S/C15H24N2/c1-12-10-14(11-12)17-9-5-8-15(16)13-6-3-2-4-7-13/h2-4,6-7,12,14-15,17H,5,8-11,16H2,1H3. The third-order valence-electron chi connectivity index (χ3n) is 3.73. The van der Waals surface area contributed by atoms with Crippen molar-refractivity contribution in [3.05, 3.63) is 35.9 Å². The minimum atomic E-state index is 0.193. The van der Waals surface area contributed by atoms with Gasteiger partial charge in [-0.2, -0.15) is 0 Å². The van der Waals surface area contributed by atoms with Gasteiger partial charge in [-0.3, -0.25) is 0 Å². The zero-order valence-corrected chi connectivity index (χ0v) is 10.7. The highest BCUT2D eigenvalue weighted by Crippen LogP contribution is 2.26. The number of nitrogens with two attached hydrogens (primary N) is 1. The minimum absolute atomic E-state index is 0.193. The normalized spacial score (nSPS) is 25.3. The molecule has 1 atom stereocenters. The van der Waals surface area contributed by atoms with Gasteiger partial charge < -0.3 is 11.1 Å². The zero-order valence-electron chi connectivity index (χ0n) is 10.7. The molecule has 94 valence electrons. The highest BCUT2D eigenvalue weighted by molar-refractivity contribution is 5.18. The van der Waals surface area contributed by atoms with Gasteiger partial charge in [0.15, 0.2) is 0 Å². The summed E-state index contributed by atoms with van der Waals surface area (Å²) in [4.78, 5) is 0. The lowest BCUT2D eigenvalue weighted by molar-refractivity contribution is 0.240. The van der Waals surface area contributed by atoms with E-state index in [4.69, 9.17) is 5.73 Å². The van der Waals surface area contributed by atoms with Crippen molar-refractivity contribution in [3.8, 4) is 0 Å². The van der Waals surface area contributed by atoms with E-state index in [1.807, 2.05) is 6.07 Å². The van der Waals surface area contributed by atoms with Gasteiger partial charge in [0.05, 0.1) is 0 Å². The molecule has 1 unspecified atom stereocenters. The summed E-state index contributed by atoms with van der Waals surface area (Å²) in [6, 6.07) is 11.4. The van der Waals surface area contributed by atoms with Crippen LogP contribution in [0.25, 0.3) is 0 Å². The third kappa shape index (κ3) is 3.83. The predicted molar refractivity (Wildman–Crippen MR) is 72.8 cm³/mol. The molecule has 1 saturated carbocycles. The van der Waals surface area contributed by atoms with Crippen molar-refractivity contribution in [2.45, 2.75) is 44.7 Å². The molecule has 0 heterocycles. The van der Waals surface area contributed by atoms with Gasteiger partial charge in [-0.05, 0) is 43.7 Å². The van der Waals surface area contributed by atoms with Crippen LogP contribution in [0.3, 0.4) is 0 Å². The van der Waals surface area contributed by atoms with E-state index in [-0.39, 0.29) is 6.04 Å². The Hall–Kier alpha value is -0.860. The van der Waals surface area contributed by atoms with Crippen LogP contribution in [0.1, 0.15) is 44.2 Å². The first-order chi connectivity index (χ1) is 8.25. The Bertz CT molecular complexity index is 317. The highest BCUT2D eigenvalue weighted by atomic mass is 14.9. The van der Waals surface area contributed by atoms with E-state index in [1.165, 1.54) is 24.8 Å². The summed E-state index contributed by atoms with van der Waals surface area (Å²) in [5, 5.41) is 3.60. The van der Waals surface area contributed by atoms with Gasteiger partial charge >= 0.3 is 0 Å². The van der Waals surface area contributed by atoms with Gasteiger partial charge in [0, 0.05) is 12.1 Å². The molecule has 0 bridgehead atoms. The van der Waals surface area contributed by atoms with Gasteiger partial charge in [-0.15, -0.1) is 0 Å². The molecule has 3 N–H and O–H groups in total. The first kappa shape index (κ1) is 12.6. The molecule has 17 heavy (non-hydrogen) atoms. The molecule has 1 aromatic rings. The number of hydrogen-bond acceptors (Lipinski definition) is 2. The molecule has 1 aromatic carbocycles. The van der Waals surface area contributed by atoms with Crippen molar-refractivity contribution in [3.63, 3.8) is 0 Å². The third-order valence-corrected chi connectivity index (χ3v) is 3.73. The average Bonchev–Trinajstić information content (AvgIpc) is 2.32. The van der Waals surface area contributed by atoms with Gasteiger partial charge in [0.25, 0.3) is 0 Å². The molecule has 1 aliphatic rings. The fraction of sp³-hybridized carbons (Fsp3) is 0.600. The van der Waals surface area contributed by atoms with Crippen LogP contribution < -0.4 is 11.1 Å². The number of hydrogen-bond donors (Lipinski definition) is 2. The fourth-order valence-corrected chi connectivity index (χ4v) is 2.56.